The fourth-order valence-corrected chi connectivity index (χ4v) is 1.64. The average Bonchev–Trinajstić information content (AvgIpc) is 2.73. The van der Waals surface area contributed by atoms with Gasteiger partial charge in [-0.2, -0.15) is 0 Å². The van der Waals surface area contributed by atoms with Gasteiger partial charge >= 0.3 is 5.97 Å². The number of hydrogen-bond acceptors (Lipinski definition) is 3. The van der Waals surface area contributed by atoms with Crippen molar-refractivity contribution in [3.8, 4) is 0 Å². The normalized spacial score (nSPS) is 15.3. The first-order valence-corrected chi connectivity index (χ1v) is 4.98. The van der Waals surface area contributed by atoms with Crippen LogP contribution in [0.2, 0.25) is 0 Å². The topological polar surface area (TPSA) is 62.2 Å². The molecule has 1 aliphatic rings. The Labute approximate surface area is 91.8 Å². The summed E-state index contributed by atoms with van der Waals surface area (Å²) in [5.74, 6) is -2.08. The highest BCUT2D eigenvalue weighted by Crippen LogP contribution is 2.19. The lowest BCUT2D eigenvalue weighted by Crippen LogP contribution is -2.18. The van der Waals surface area contributed by atoms with Crippen LogP contribution in [0.25, 0.3) is 0 Å². The Morgan fingerprint density at radius 1 is 1.50 bits per heavy atom. The molecule has 0 radical (unpaired) electrons. The number of carbonyl (C=O) groups is 1. The van der Waals surface area contributed by atoms with Gasteiger partial charge in [0, 0.05) is 12.2 Å². The molecule has 16 heavy (non-hydrogen) atoms. The van der Waals surface area contributed by atoms with E-state index in [0.29, 0.717) is 0 Å². The summed E-state index contributed by atoms with van der Waals surface area (Å²) in [4.78, 5) is 14.5. The van der Waals surface area contributed by atoms with Crippen molar-refractivity contribution in [3.63, 3.8) is 0 Å². The molecule has 1 aromatic heterocycles. The van der Waals surface area contributed by atoms with Gasteiger partial charge in [-0.25, -0.2) is 14.2 Å². The number of rotatable bonds is 3. The lowest BCUT2D eigenvalue weighted by atomic mass is 10.2. The van der Waals surface area contributed by atoms with Gasteiger partial charge in [-0.15, -0.1) is 0 Å². The van der Waals surface area contributed by atoms with Crippen LogP contribution in [0.1, 0.15) is 23.2 Å². The highest BCUT2D eigenvalue weighted by Gasteiger charge is 2.18. The number of nitrogens with one attached hydrogen (secondary N) is 1. The van der Waals surface area contributed by atoms with E-state index >= 15 is 0 Å². The SMILES string of the molecule is O=C(O)c1ccnc(NC2CC=CC2)c1F. The molecule has 0 atom stereocenters. The number of carboxylic acids is 1. The van der Waals surface area contributed by atoms with Crippen LogP contribution in [-0.2, 0) is 0 Å². The fraction of sp³-hybridized carbons (Fsp3) is 0.273. The van der Waals surface area contributed by atoms with E-state index in [1.807, 2.05) is 12.2 Å². The second-order valence-corrected chi connectivity index (χ2v) is 3.61. The third-order valence-electron chi connectivity index (χ3n) is 2.47. The molecule has 1 heterocycles. The molecule has 0 spiro atoms. The Hall–Kier alpha value is -1.91. The largest absolute Gasteiger partial charge is 0.478 e. The fourth-order valence-electron chi connectivity index (χ4n) is 1.64. The Morgan fingerprint density at radius 2 is 2.19 bits per heavy atom. The van der Waals surface area contributed by atoms with Crippen molar-refractivity contribution >= 4 is 11.8 Å². The number of aromatic nitrogens is 1. The van der Waals surface area contributed by atoms with E-state index in [9.17, 15) is 9.18 Å². The van der Waals surface area contributed by atoms with Gasteiger partial charge in [-0.3, -0.25) is 0 Å². The van der Waals surface area contributed by atoms with Gasteiger partial charge in [0.25, 0.3) is 0 Å². The molecule has 0 amide bonds. The number of carboxylic acid groups (broad SMARTS) is 1. The molecule has 0 saturated heterocycles. The first kappa shape index (κ1) is 10.6. The van der Waals surface area contributed by atoms with Crippen molar-refractivity contribution in [1.82, 2.24) is 4.98 Å². The lowest BCUT2D eigenvalue weighted by Gasteiger charge is -2.13. The minimum absolute atomic E-state index is 0.00796. The second kappa shape index (κ2) is 4.30. The lowest BCUT2D eigenvalue weighted by molar-refractivity contribution is 0.0692. The van der Waals surface area contributed by atoms with E-state index in [0.717, 1.165) is 18.9 Å². The van der Waals surface area contributed by atoms with Gasteiger partial charge in [0.1, 0.15) is 5.56 Å². The van der Waals surface area contributed by atoms with E-state index in [1.165, 1.54) is 6.20 Å². The summed E-state index contributed by atoms with van der Waals surface area (Å²) in [7, 11) is 0. The molecule has 4 nitrogen and oxygen atoms in total. The van der Waals surface area contributed by atoms with Gasteiger partial charge in [0.05, 0.1) is 0 Å². The predicted octanol–water partition coefficient (Wildman–Crippen LogP) is 2.05. The van der Waals surface area contributed by atoms with Gasteiger partial charge in [0.15, 0.2) is 11.6 Å². The third kappa shape index (κ3) is 2.03. The van der Waals surface area contributed by atoms with Crippen LogP contribution in [0.4, 0.5) is 10.2 Å². The number of anilines is 1. The molecule has 0 aliphatic heterocycles. The van der Waals surface area contributed by atoms with Crippen LogP contribution in [-0.4, -0.2) is 22.1 Å². The summed E-state index contributed by atoms with van der Waals surface area (Å²) in [6.07, 6.45) is 6.89. The molecule has 2 N–H and O–H groups in total. The summed E-state index contributed by atoms with van der Waals surface area (Å²) in [6, 6.07) is 1.25. The van der Waals surface area contributed by atoms with Crippen LogP contribution in [0.15, 0.2) is 24.4 Å². The molecule has 0 aromatic carbocycles. The van der Waals surface area contributed by atoms with Crippen molar-refractivity contribution < 1.29 is 14.3 Å². The number of aromatic carboxylic acids is 1. The van der Waals surface area contributed by atoms with E-state index in [-0.39, 0.29) is 17.4 Å². The molecule has 0 bridgehead atoms. The second-order valence-electron chi connectivity index (χ2n) is 3.61. The minimum atomic E-state index is -1.28. The number of hydrogen-bond donors (Lipinski definition) is 2. The summed E-state index contributed by atoms with van der Waals surface area (Å²) < 4.78 is 13.7. The maximum Gasteiger partial charge on any atom is 0.338 e. The first-order valence-electron chi connectivity index (χ1n) is 4.98. The Morgan fingerprint density at radius 3 is 2.81 bits per heavy atom. The average molecular weight is 222 g/mol. The van der Waals surface area contributed by atoms with Crippen molar-refractivity contribution in [2.75, 3.05) is 5.32 Å². The van der Waals surface area contributed by atoms with E-state index in [4.69, 9.17) is 5.11 Å². The van der Waals surface area contributed by atoms with E-state index in [1.54, 1.807) is 0 Å². The third-order valence-corrected chi connectivity index (χ3v) is 2.47. The molecular weight excluding hydrogens is 211 g/mol. The highest BCUT2D eigenvalue weighted by atomic mass is 19.1. The zero-order valence-electron chi connectivity index (χ0n) is 8.48. The van der Waals surface area contributed by atoms with Crippen molar-refractivity contribution in [3.05, 3.63) is 35.8 Å². The summed E-state index contributed by atoms with van der Waals surface area (Å²) in [5.41, 5.74) is -0.358. The van der Waals surface area contributed by atoms with Gasteiger partial charge in [-0.1, -0.05) is 12.2 Å². The molecule has 2 rings (SSSR count). The van der Waals surface area contributed by atoms with Gasteiger partial charge < -0.3 is 10.4 Å². The van der Waals surface area contributed by atoms with Crippen LogP contribution in [0.3, 0.4) is 0 Å². The molecule has 5 heteroatoms. The molecule has 0 saturated carbocycles. The zero-order chi connectivity index (χ0) is 11.5. The van der Waals surface area contributed by atoms with Crippen molar-refractivity contribution in [1.29, 1.82) is 0 Å². The first-order chi connectivity index (χ1) is 7.68. The predicted molar refractivity (Wildman–Crippen MR) is 56.9 cm³/mol. The van der Waals surface area contributed by atoms with Crippen molar-refractivity contribution in [2.45, 2.75) is 18.9 Å². The van der Waals surface area contributed by atoms with Crippen molar-refractivity contribution in [2.24, 2.45) is 0 Å². The maximum atomic E-state index is 13.7. The van der Waals surface area contributed by atoms with Crippen LogP contribution < -0.4 is 5.32 Å². The number of nitrogens with zero attached hydrogens (tertiary/aromatic N) is 1. The highest BCUT2D eigenvalue weighted by molar-refractivity contribution is 5.88. The quantitative estimate of drug-likeness (QED) is 0.768. The number of halogens is 1. The molecule has 84 valence electrons. The smallest absolute Gasteiger partial charge is 0.338 e. The summed E-state index contributed by atoms with van der Waals surface area (Å²) >= 11 is 0. The van der Waals surface area contributed by atoms with E-state index in [2.05, 4.69) is 10.3 Å². The van der Waals surface area contributed by atoms with Gasteiger partial charge in [0.2, 0.25) is 0 Å². The van der Waals surface area contributed by atoms with Crippen LogP contribution in [0, 0.1) is 5.82 Å². The van der Waals surface area contributed by atoms with Crippen LogP contribution in [0.5, 0.6) is 0 Å². The van der Waals surface area contributed by atoms with Crippen LogP contribution >= 0.6 is 0 Å². The Bertz CT molecular complexity index is 438. The zero-order valence-corrected chi connectivity index (χ0v) is 8.48. The molecule has 1 aromatic rings. The maximum absolute atomic E-state index is 13.7. The summed E-state index contributed by atoms with van der Waals surface area (Å²) in [6.45, 7) is 0. The Kier molecular flexibility index (Phi) is 2.85. The monoisotopic (exact) mass is 222 g/mol. The van der Waals surface area contributed by atoms with Gasteiger partial charge in [-0.05, 0) is 18.9 Å². The molecule has 1 aliphatic carbocycles. The standard InChI is InChI=1S/C11H11FN2O2/c12-9-8(11(15)16)5-6-13-10(9)14-7-3-1-2-4-7/h1-2,5-7H,3-4H2,(H,13,14)(H,15,16). The van der Waals surface area contributed by atoms with E-state index < -0.39 is 11.8 Å². The Balaban J connectivity index is 2.20. The molecular formula is C11H11FN2O2. The molecule has 0 fully saturated rings. The minimum Gasteiger partial charge on any atom is -0.478 e. The summed E-state index contributed by atoms with van der Waals surface area (Å²) in [5, 5.41) is 11.6. The molecule has 0 unspecified atom stereocenters. The number of pyridine rings is 1.